The van der Waals surface area contributed by atoms with E-state index in [1.807, 2.05) is 42.6 Å². The van der Waals surface area contributed by atoms with E-state index >= 15 is 0 Å². The lowest BCUT2D eigenvalue weighted by atomic mass is 9.73. The summed E-state index contributed by atoms with van der Waals surface area (Å²) in [4.78, 5) is 16.7. The van der Waals surface area contributed by atoms with E-state index in [1.165, 1.54) is 42.5 Å². The Labute approximate surface area is 182 Å². The first kappa shape index (κ1) is 22.2. The summed E-state index contributed by atoms with van der Waals surface area (Å²) in [5.74, 6) is 1.02. The molecule has 4 N–H and O–H groups in total. The highest BCUT2D eigenvalue weighted by Gasteiger charge is 2.34. The summed E-state index contributed by atoms with van der Waals surface area (Å²) in [7, 11) is 1.82. The molecule has 162 valence electrons. The average Bonchev–Trinajstić information content (AvgIpc) is 3.32. The van der Waals surface area contributed by atoms with Gasteiger partial charge in [0.15, 0.2) is 12.6 Å². The molecule has 1 aromatic heterocycles. The van der Waals surface area contributed by atoms with Gasteiger partial charge in [0.2, 0.25) is 0 Å². The molecule has 0 bridgehead atoms. The molecule has 0 saturated heterocycles. The minimum Gasteiger partial charge on any atom is -0.484 e. The Hall–Kier alpha value is -2.54. The second-order valence-electron chi connectivity index (χ2n) is 7.82. The van der Waals surface area contributed by atoms with Gasteiger partial charge in [-0.15, -0.1) is 11.3 Å². The number of aliphatic imine (C=N–C) groups is 1. The van der Waals surface area contributed by atoms with Gasteiger partial charge in [-0.1, -0.05) is 37.5 Å². The third-order valence-corrected chi connectivity index (χ3v) is 6.80. The van der Waals surface area contributed by atoms with Crippen LogP contribution in [0.3, 0.4) is 0 Å². The van der Waals surface area contributed by atoms with Crippen LogP contribution in [0, 0.1) is 0 Å². The van der Waals surface area contributed by atoms with Gasteiger partial charge in [-0.3, -0.25) is 9.79 Å². The van der Waals surface area contributed by atoms with Crippen LogP contribution < -0.4 is 21.1 Å². The van der Waals surface area contributed by atoms with E-state index in [0.29, 0.717) is 5.75 Å². The van der Waals surface area contributed by atoms with Crippen LogP contribution in [0.5, 0.6) is 5.75 Å². The first-order valence-corrected chi connectivity index (χ1v) is 11.5. The van der Waals surface area contributed by atoms with Crippen LogP contribution in [-0.4, -0.2) is 38.6 Å². The summed E-state index contributed by atoms with van der Waals surface area (Å²) >= 11 is 1.87. The molecule has 1 aliphatic carbocycles. The minimum absolute atomic E-state index is 0.101. The molecule has 3 rings (SSSR count). The van der Waals surface area contributed by atoms with Crippen LogP contribution in [0.4, 0.5) is 0 Å². The van der Waals surface area contributed by atoms with Crippen molar-refractivity contribution in [1.82, 2.24) is 10.6 Å². The van der Waals surface area contributed by atoms with Crippen molar-refractivity contribution in [3.8, 4) is 5.75 Å². The number of benzene rings is 1. The number of nitrogens with one attached hydrogen (secondary N) is 2. The maximum absolute atomic E-state index is 10.8. The standard InChI is InChI=1S/C23H32N4O2S/c1-25-22(26-14-11-18-7-9-19(10-8-18)29-16-21(24)28)27-17-23(12-3-2-4-13-23)20-6-5-15-30-20/h5-10,15H,2-4,11-14,16-17H2,1H3,(H2,24,28)(H2,25,26,27). The predicted octanol–water partition coefficient (Wildman–Crippen LogP) is 3.22. The van der Waals surface area contributed by atoms with Gasteiger partial charge in [0.25, 0.3) is 5.91 Å². The molecular weight excluding hydrogens is 396 g/mol. The highest BCUT2D eigenvalue weighted by Crippen LogP contribution is 2.41. The Morgan fingerprint density at radius 2 is 1.93 bits per heavy atom. The summed E-state index contributed by atoms with van der Waals surface area (Å²) in [6.45, 7) is 1.60. The van der Waals surface area contributed by atoms with Gasteiger partial charge >= 0.3 is 0 Å². The highest BCUT2D eigenvalue weighted by atomic mass is 32.1. The third kappa shape index (κ3) is 6.23. The number of rotatable bonds is 9. The number of carbonyl (C=O) groups excluding carboxylic acids is 1. The van der Waals surface area contributed by atoms with Gasteiger partial charge in [0.1, 0.15) is 5.75 Å². The molecule has 2 aromatic rings. The molecule has 1 amide bonds. The molecular formula is C23H32N4O2S. The topological polar surface area (TPSA) is 88.7 Å². The molecule has 0 atom stereocenters. The van der Waals surface area contributed by atoms with Crippen molar-refractivity contribution in [3.63, 3.8) is 0 Å². The molecule has 0 radical (unpaired) electrons. The second-order valence-corrected chi connectivity index (χ2v) is 8.77. The Balaban J connectivity index is 1.47. The summed E-state index contributed by atoms with van der Waals surface area (Å²) in [6, 6.07) is 12.2. The van der Waals surface area contributed by atoms with Crippen LogP contribution in [0.1, 0.15) is 42.5 Å². The Morgan fingerprint density at radius 1 is 1.17 bits per heavy atom. The fourth-order valence-corrected chi connectivity index (χ4v) is 5.01. The van der Waals surface area contributed by atoms with Gasteiger partial charge < -0.3 is 21.1 Å². The summed E-state index contributed by atoms with van der Waals surface area (Å²) < 4.78 is 5.29. The summed E-state index contributed by atoms with van der Waals surface area (Å²) in [6.07, 6.45) is 7.28. The van der Waals surface area contributed by atoms with E-state index in [0.717, 1.165) is 25.5 Å². The third-order valence-electron chi connectivity index (χ3n) is 5.68. The van der Waals surface area contributed by atoms with E-state index in [4.69, 9.17) is 10.5 Å². The van der Waals surface area contributed by atoms with Crippen molar-refractivity contribution in [3.05, 3.63) is 52.2 Å². The molecule has 7 heteroatoms. The average molecular weight is 429 g/mol. The Morgan fingerprint density at radius 3 is 2.57 bits per heavy atom. The zero-order chi connectivity index (χ0) is 21.2. The van der Waals surface area contributed by atoms with Crippen molar-refractivity contribution in [2.45, 2.75) is 43.9 Å². The van der Waals surface area contributed by atoms with Crippen molar-refractivity contribution >= 4 is 23.2 Å². The lowest BCUT2D eigenvalue weighted by Gasteiger charge is -2.37. The number of nitrogens with zero attached hydrogens (tertiary/aromatic N) is 1. The maximum Gasteiger partial charge on any atom is 0.255 e. The number of thiophene rings is 1. The number of ether oxygens (including phenoxy) is 1. The molecule has 0 spiro atoms. The smallest absolute Gasteiger partial charge is 0.255 e. The lowest BCUT2D eigenvalue weighted by Crippen LogP contribution is -2.46. The van der Waals surface area contributed by atoms with E-state index in [2.05, 4.69) is 33.1 Å². The molecule has 1 saturated carbocycles. The molecule has 6 nitrogen and oxygen atoms in total. The number of primary amides is 1. The number of guanidine groups is 1. The van der Waals surface area contributed by atoms with Crippen molar-refractivity contribution in [2.75, 3.05) is 26.7 Å². The molecule has 1 aromatic carbocycles. The SMILES string of the molecule is CN=C(NCCc1ccc(OCC(N)=O)cc1)NCC1(c2cccs2)CCCCC1. The predicted molar refractivity (Wildman–Crippen MR) is 123 cm³/mol. The zero-order valence-electron chi connectivity index (χ0n) is 17.7. The largest absolute Gasteiger partial charge is 0.484 e. The number of amides is 1. The van der Waals surface area contributed by atoms with Crippen molar-refractivity contribution in [1.29, 1.82) is 0 Å². The van der Waals surface area contributed by atoms with Crippen LogP contribution in [0.25, 0.3) is 0 Å². The van der Waals surface area contributed by atoms with E-state index in [9.17, 15) is 4.79 Å². The number of nitrogens with two attached hydrogens (primary N) is 1. The van der Waals surface area contributed by atoms with Crippen LogP contribution in [0.2, 0.25) is 0 Å². The fraction of sp³-hybridized carbons (Fsp3) is 0.478. The Bertz CT molecular complexity index is 812. The quantitative estimate of drug-likeness (QED) is 0.423. The first-order valence-electron chi connectivity index (χ1n) is 10.6. The fourth-order valence-electron chi connectivity index (χ4n) is 4.02. The van der Waals surface area contributed by atoms with Gasteiger partial charge in [0, 0.05) is 30.4 Å². The summed E-state index contributed by atoms with van der Waals surface area (Å²) in [5.41, 5.74) is 6.51. The zero-order valence-corrected chi connectivity index (χ0v) is 18.5. The van der Waals surface area contributed by atoms with Gasteiger partial charge in [-0.05, 0) is 48.4 Å². The van der Waals surface area contributed by atoms with Crippen molar-refractivity contribution in [2.24, 2.45) is 10.7 Å². The first-order chi connectivity index (χ1) is 14.6. The lowest BCUT2D eigenvalue weighted by molar-refractivity contribution is -0.119. The van der Waals surface area contributed by atoms with Crippen LogP contribution in [-0.2, 0) is 16.6 Å². The number of hydrogen-bond donors (Lipinski definition) is 3. The van der Waals surface area contributed by atoms with E-state index in [1.54, 1.807) is 0 Å². The highest BCUT2D eigenvalue weighted by molar-refractivity contribution is 7.10. The van der Waals surface area contributed by atoms with Gasteiger partial charge in [-0.2, -0.15) is 0 Å². The molecule has 30 heavy (non-hydrogen) atoms. The number of carbonyl (C=O) groups is 1. The Kier molecular flexibility index (Phi) is 8.13. The normalized spacial score (nSPS) is 16.1. The van der Waals surface area contributed by atoms with Crippen LogP contribution >= 0.6 is 11.3 Å². The second kappa shape index (κ2) is 11.0. The monoisotopic (exact) mass is 428 g/mol. The van der Waals surface area contributed by atoms with Gasteiger partial charge in [0.05, 0.1) is 0 Å². The van der Waals surface area contributed by atoms with Crippen LogP contribution in [0.15, 0.2) is 46.8 Å². The molecule has 1 aliphatic rings. The minimum atomic E-state index is -0.476. The van der Waals surface area contributed by atoms with Crippen molar-refractivity contribution < 1.29 is 9.53 Å². The maximum atomic E-state index is 10.8. The van der Waals surface area contributed by atoms with Gasteiger partial charge in [-0.25, -0.2) is 0 Å². The van der Waals surface area contributed by atoms with E-state index in [-0.39, 0.29) is 12.0 Å². The molecule has 1 fully saturated rings. The summed E-state index contributed by atoms with van der Waals surface area (Å²) in [5, 5.41) is 9.18. The van der Waals surface area contributed by atoms with E-state index < -0.39 is 5.91 Å². The molecule has 0 aliphatic heterocycles. The number of hydrogen-bond acceptors (Lipinski definition) is 4. The molecule has 0 unspecified atom stereocenters. The molecule has 1 heterocycles.